The van der Waals surface area contributed by atoms with Crippen LogP contribution in [-0.4, -0.2) is 37.1 Å². The predicted molar refractivity (Wildman–Crippen MR) is 64.6 cm³/mol. The first kappa shape index (κ1) is 13.7. The van der Waals surface area contributed by atoms with Gasteiger partial charge in [-0.05, 0) is 12.1 Å². The van der Waals surface area contributed by atoms with E-state index in [1.165, 1.54) is 18.2 Å². The van der Waals surface area contributed by atoms with Gasteiger partial charge in [-0.3, -0.25) is 4.79 Å². The lowest BCUT2D eigenvalue weighted by Gasteiger charge is -2.06. The Hall–Kier alpha value is -2.77. The van der Waals surface area contributed by atoms with Crippen molar-refractivity contribution in [2.45, 2.75) is 13.0 Å². The predicted octanol–water partition coefficient (Wildman–Crippen LogP) is 1.26. The van der Waals surface area contributed by atoms with E-state index >= 15 is 0 Å². The molecule has 0 unspecified atom stereocenters. The number of aryl methyl sites for hydroxylation is 1. The molecule has 0 radical (unpaired) electrons. The van der Waals surface area contributed by atoms with E-state index in [2.05, 4.69) is 10.3 Å². The van der Waals surface area contributed by atoms with Crippen molar-refractivity contribution in [1.29, 1.82) is 0 Å². The summed E-state index contributed by atoms with van der Waals surface area (Å²) < 4.78 is 14.4. The third-order valence-electron chi connectivity index (χ3n) is 2.57. The number of rotatable bonds is 5. The lowest BCUT2D eigenvalue weighted by atomic mass is 10.1. The highest BCUT2D eigenvalue weighted by molar-refractivity contribution is 5.92. The summed E-state index contributed by atoms with van der Waals surface area (Å²) in [5.41, 5.74) is 0.0111. The maximum absolute atomic E-state index is 13.2. The first-order valence-corrected chi connectivity index (χ1v) is 5.63. The molecule has 0 aliphatic heterocycles. The van der Waals surface area contributed by atoms with Crippen LogP contribution < -0.4 is 0 Å². The molecular weight excluding hydrogens is 269 g/mol. The van der Waals surface area contributed by atoms with Crippen molar-refractivity contribution < 1.29 is 24.2 Å². The number of halogens is 1. The number of aromatic nitrogens is 3. The van der Waals surface area contributed by atoms with Crippen LogP contribution in [0.1, 0.15) is 16.9 Å². The Bertz CT molecular complexity index is 668. The first-order chi connectivity index (χ1) is 9.49. The fraction of sp³-hybridized carbons (Fsp3) is 0.167. The molecule has 0 spiro atoms. The molecule has 0 saturated heterocycles. The molecule has 0 fully saturated rings. The molecule has 0 saturated carbocycles. The Balaban J connectivity index is 2.49. The van der Waals surface area contributed by atoms with E-state index in [-0.39, 0.29) is 29.9 Å². The highest BCUT2D eigenvalue weighted by Crippen LogP contribution is 2.23. The Morgan fingerprint density at radius 2 is 2.05 bits per heavy atom. The Morgan fingerprint density at radius 1 is 1.30 bits per heavy atom. The molecule has 0 bridgehead atoms. The van der Waals surface area contributed by atoms with Crippen LogP contribution in [-0.2, 0) is 11.3 Å². The zero-order chi connectivity index (χ0) is 14.7. The molecule has 2 aromatic rings. The number of aromatic carboxylic acids is 1. The van der Waals surface area contributed by atoms with Crippen LogP contribution in [0.15, 0.2) is 24.3 Å². The Labute approximate surface area is 112 Å². The minimum absolute atomic E-state index is 0.0541. The Morgan fingerprint density at radius 3 is 2.65 bits per heavy atom. The van der Waals surface area contributed by atoms with Crippen LogP contribution in [0.2, 0.25) is 0 Å². The standard InChI is InChI=1S/C12H10FN3O4/c13-8-3-1-2-7(6-8)11-10(12(19)20)14-15-16(11)5-4-9(17)18/h1-3,6H,4-5H2,(H,17,18)(H,19,20). The first-order valence-electron chi connectivity index (χ1n) is 5.63. The minimum atomic E-state index is -1.31. The molecule has 0 amide bonds. The molecular formula is C12H10FN3O4. The largest absolute Gasteiger partial charge is 0.481 e. The van der Waals surface area contributed by atoms with E-state index < -0.39 is 17.8 Å². The maximum atomic E-state index is 13.2. The quantitative estimate of drug-likeness (QED) is 0.853. The van der Waals surface area contributed by atoms with Gasteiger partial charge in [-0.15, -0.1) is 5.10 Å². The molecule has 104 valence electrons. The molecule has 1 aromatic carbocycles. The number of nitrogens with zero attached hydrogens (tertiary/aromatic N) is 3. The molecule has 7 nitrogen and oxygen atoms in total. The summed E-state index contributed by atoms with van der Waals surface area (Å²) in [6.45, 7) is -0.0541. The van der Waals surface area contributed by atoms with Crippen LogP contribution >= 0.6 is 0 Å². The fourth-order valence-electron chi connectivity index (χ4n) is 1.74. The SMILES string of the molecule is O=C(O)CCn1nnc(C(=O)O)c1-c1cccc(F)c1. The van der Waals surface area contributed by atoms with E-state index in [0.717, 1.165) is 10.7 Å². The zero-order valence-electron chi connectivity index (χ0n) is 10.2. The van der Waals surface area contributed by atoms with E-state index in [1.54, 1.807) is 0 Å². The third kappa shape index (κ3) is 2.79. The normalized spacial score (nSPS) is 10.4. The average Bonchev–Trinajstić information content (AvgIpc) is 2.80. The third-order valence-corrected chi connectivity index (χ3v) is 2.57. The van der Waals surface area contributed by atoms with Gasteiger partial charge in [0.05, 0.1) is 13.0 Å². The van der Waals surface area contributed by atoms with Gasteiger partial charge >= 0.3 is 11.9 Å². The van der Waals surface area contributed by atoms with Gasteiger partial charge in [0.1, 0.15) is 11.5 Å². The van der Waals surface area contributed by atoms with Gasteiger partial charge in [0.15, 0.2) is 5.69 Å². The van der Waals surface area contributed by atoms with Crippen LogP contribution in [0, 0.1) is 5.82 Å². The highest BCUT2D eigenvalue weighted by atomic mass is 19.1. The van der Waals surface area contributed by atoms with Crippen LogP contribution in [0.3, 0.4) is 0 Å². The van der Waals surface area contributed by atoms with Gasteiger partial charge in [0.2, 0.25) is 0 Å². The van der Waals surface area contributed by atoms with Gasteiger partial charge in [0.25, 0.3) is 0 Å². The number of aliphatic carboxylic acids is 1. The van der Waals surface area contributed by atoms with E-state index in [4.69, 9.17) is 10.2 Å². The molecule has 8 heteroatoms. The Kier molecular flexibility index (Phi) is 3.74. The number of benzene rings is 1. The summed E-state index contributed by atoms with van der Waals surface area (Å²) in [6, 6.07) is 5.29. The zero-order valence-corrected chi connectivity index (χ0v) is 10.2. The summed E-state index contributed by atoms with van der Waals surface area (Å²) in [5, 5.41) is 24.8. The van der Waals surface area contributed by atoms with Crippen molar-refractivity contribution in [2.24, 2.45) is 0 Å². The monoisotopic (exact) mass is 279 g/mol. The summed E-state index contributed by atoms with van der Waals surface area (Å²) >= 11 is 0. The van der Waals surface area contributed by atoms with Gasteiger partial charge < -0.3 is 10.2 Å². The van der Waals surface area contributed by atoms with E-state index in [1.807, 2.05) is 0 Å². The smallest absolute Gasteiger partial charge is 0.358 e. The van der Waals surface area contributed by atoms with E-state index in [0.29, 0.717) is 0 Å². The average molecular weight is 279 g/mol. The van der Waals surface area contributed by atoms with Gasteiger partial charge in [-0.2, -0.15) is 0 Å². The number of carboxylic acid groups (broad SMARTS) is 2. The van der Waals surface area contributed by atoms with Crippen molar-refractivity contribution in [3.8, 4) is 11.3 Å². The van der Waals surface area contributed by atoms with Crippen LogP contribution in [0.4, 0.5) is 4.39 Å². The van der Waals surface area contributed by atoms with Crippen molar-refractivity contribution in [3.63, 3.8) is 0 Å². The molecule has 20 heavy (non-hydrogen) atoms. The van der Waals surface area contributed by atoms with Gasteiger partial charge in [-0.1, -0.05) is 17.3 Å². The number of carbonyl (C=O) groups is 2. The lowest BCUT2D eigenvalue weighted by Crippen LogP contribution is -2.08. The molecule has 0 aliphatic rings. The molecule has 0 aliphatic carbocycles. The van der Waals surface area contributed by atoms with Crippen molar-refractivity contribution in [2.75, 3.05) is 0 Å². The molecule has 2 N–H and O–H groups in total. The van der Waals surface area contributed by atoms with Crippen molar-refractivity contribution >= 4 is 11.9 Å². The van der Waals surface area contributed by atoms with E-state index in [9.17, 15) is 14.0 Å². The number of hydrogen-bond donors (Lipinski definition) is 2. The van der Waals surface area contributed by atoms with Crippen molar-refractivity contribution in [3.05, 3.63) is 35.8 Å². The second kappa shape index (κ2) is 5.47. The summed E-state index contributed by atoms with van der Waals surface area (Å²) in [5.74, 6) is -2.90. The minimum Gasteiger partial charge on any atom is -0.481 e. The second-order valence-corrected chi connectivity index (χ2v) is 3.97. The van der Waals surface area contributed by atoms with Gasteiger partial charge in [0, 0.05) is 5.56 Å². The summed E-state index contributed by atoms with van der Waals surface area (Å²) in [4.78, 5) is 21.7. The van der Waals surface area contributed by atoms with Crippen LogP contribution in [0.25, 0.3) is 11.3 Å². The maximum Gasteiger partial charge on any atom is 0.358 e. The topological polar surface area (TPSA) is 105 Å². The number of carboxylic acids is 2. The second-order valence-electron chi connectivity index (χ2n) is 3.97. The number of hydrogen-bond acceptors (Lipinski definition) is 4. The molecule has 1 heterocycles. The summed E-state index contributed by atoms with van der Waals surface area (Å²) in [6.07, 6.45) is -0.245. The summed E-state index contributed by atoms with van der Waals surface area (Å²) in [7, 11) is 0. The molecule has 1 aromatic heterocycles. The highest BCUT2D eigenvalue weighted by Gasteiger charge is 2.21. The van der Waals surface area contributed by atoms with Crippen molar-refractivity contribution in [1.82, 2.24) is 15.0 Å². The van der Waals surface area contributed by atoms with Crippen LogP contribution in [0.5, 0.6) is 0 Å². The lowest BCUT2D eigenvalue weighted by molar-refractivity contribution is -0.137. The fourth-order valence-corrected chi connectivity index (χ4v) is 1.74. The van der Waals surface area contributed by atoms with Gasteiger partial charge in [-0.25, -0.2) is 13.9 Å². The molecule has 0 atom stereocenters. The molecule has 2 rings (SSSR count).